The van der Waals surface area contributed by atoms with Gasteiger partial charge in [0.1, 0.15) is 0 Å². The summed E-state index contributed by atoms with van der Waals surface area (Å²) in [7, 11) is 0. The summed E-state index contributed by atoms with van der Waals surface area (Å²) in [5, 5.41) is 9.60. The molecule has 0 aliphatic heterocycles. The first-order valence-corrected chi connectivity index (χ1v) is 8.52. The van der Waals surface area contributed by atoms with Crippen LogP contribution in [0.3, 0.4) is 0 Å². The van der Waals surface area contributed by atoms with E-state index in [2.05, 4.69) is 44.1 Å². The second-order valence-electron chi connectivity index (χ2n) is 5.23. The molecular formula is C14H20N4S2. The minimum absolute atomic E-state index is 0.522. The van der Waals surface area contributed by atoms with E-state index in [-0.39, 0.29) is 0 Å². The van der Waals surface area contributed by atoms with Crippen molar-refractivity contribution in [2.24, 2.45) is 0 Å². The van der Waals surface area contributed by atoms with Gasteiger partial charge in [-0.2, -0.15) is 0 Å². The summed E-state index contributed by atoms with van der Waals surface area (Å²) < 4.78 is 3.00. The average Bonchev–Trinajstić information content (AvgIpc) is 3.17. The third-order valence-corrected chi connectivity index (χ3v) is 5.12. The normalized spacial score (nSPS) is 15.8. The van der Waals surface area contributed by atoms with Crippen molar-refractivity contribution in [3.8, 4) is 0 Å². The Morgan fingerprint density at radius 1 is 1.50 bits per heavy atom. The largest absolute Gasteiger partial charge is 0.336 e. The molecule has 1 N–H and O–H groups in total. The van der Waals surface area contributed by atoms with Crippen molar-refractivity contribution in [2.75, 3.05) is 11.4 Å². The molecule has 108 valence electrons. The van der Waals surface area contributed by atoms with Gasteiger partial charge < -0.3 is 4.90 Å². The van der Waals surface area contributed by atoms with Gasteiger partial charge in [-0.15, -0.1) is 16.4 Å². The highest BCUT2D eigenvalue weighted by molar-refractivity contribution is 7.71. The van der Waals surface area contributed by atoms with Gasteiger partial charge in [0.05, 0.1) is 6.54 Å². The van der Waals surface area contributed by atoms with Gasteiger partial charge in [0.15, 0.2) is 4.77 Å². The Labute approximate surface area is 128 Å². The van der Waals surface area contributed by atoms with Crippen LogP contribution in [0.2, 0.25) is 0 Å². The number of hydrogen-bond donors (Lipinski definition) is 1. The first-order chi connectivity index (χ1) is 9.79. The van der Waals surface area contributed by atoms with Crippen LogP contribution in [-0.2, 0) is 6.54 Å². The van der Waals surface area contributed by atoms with E-state index in [0.29, 0.717) is 6.04 Å². The molecule has 3 rings (SSSR count). The standard InChI is InChI=1S/C14H20N4S2/c1-2-17(10-12-8-5-9-20-12)13-15-16-14(19)18(13)11-6-3-4-7-11/h5,8-9,11H,2-4,6-7,10H2,1H3,(H,16,19). The zero-order valence-corrected chi connectivity index (χ0v) is 13.3. The maximum Gasteiger partial charge on any atom is 0.226 e. The van der Waals surface area contributed by atoms with Crippen LogP contribution >= 0.6 is 23.6 Å². The predicted molar refractivity (Wildman–Crippen MR) is 86.0 cm³/mol. The van der Waals surface area contributed by atoms with E-state index in [4.69, 9.17) is 12.2 Å². The van der Waals surface area contributed by atoms with E-state index >= 15 is 0 Å². The van der Waals surface area contributed by atoms with E-state index in [0.717, 1.165) is 23.8 Å². The molecule has 0 unspecified atom stereocenters. The number of anilines is 1. The molecule has 4 nitrogen and oxygen atoms in total. The van der Waals surface area contributed by atoms with Crippen molar-refractivity contribution in [1.29, 1.82) is 0 Å². The molecule has 2 aromatic heterocycles. The summed E-state index contributed by atoms with van der Waals surface area (Å²) in [4.78, 5) is 3.66. The molecule has 20 heavy (non-hydrogen) atoms. The smallest absolute Gasteiger partial charge is 0.226 e. The van der Waals surface area contributed by atoms with E-state index in [1.54, 1.807) is 11.3 Å². The predicted octanol–water partition coefficient (Wildman–Crippen LogP) is 4.14. The van der Waals surface area contributed by atoms with Crippen LogP contribution < -0.4 is 4.90 Å². The molecule has 1 aliphatic rings. The van der Waals surface area contributed by atoms with Crippen molar-refractivity contribution in [1.82, 2.24) is 14.8 Å². The lowest BCUT2D eigenvalue weighted by molar-refractivity contribution is 0.506. The van der Waals surface area contributed by atoms with Gasteiger partial charge in [-0.05, 0) is 43.4 Å². The first kappa shape index (κ1) is 13.8. The molecule has 0 saturated heterocycles. The molecule has 0 atom stereocenters. The molecular weight excluding hydrogens is 288 g/mol. The number of rotatable bonds is 5. The van der Waals surface area contributed by atoms with Gasteiger partial charge in [-0.3, -0.25) is 4.57 Å². The third kappa shape index (κ3) is 2.67. The summed E-state index contributed by atoms with van der Waals surface area (Å²) in [5.74, 6) is 0.998. The second kappa shape index (κ2) is 6.10. The lowest BCUT2D eigenvalue weighted by Crippen LogP contribution is -2.26. The maximum absolute atomic E-state index is 5.45. The van der Waals surface area contributed by atoms with E-state index in [1.165, 1.54) is 30.6 Å². The summed E-state index contributed by atoms with van der Waals surface area (Å²) in [6.45, 7) is 4.01. The van der Waals surface area contributed by atoms with Crippen molar-refractivity contribution in [3.63, 3.8) is 0 Å². The fourth-order valence-corrected chi connectivity index (χ4v) is 3.92. The van der Waals surface area contributed by atoms with Gasteiger partial charge in [0, 0.05) is 17.5 Å². The Hall–Kier alpha value is -1.14. The van der Waals surface area contributed by atoms with Crippen LogP contribution in [0.4, 0.5) is 5.95 Å². The summed E-state index contributed by atoms with van der Waals surface area (Å²) in [5.41, 5.74) is 0. The summed E-state index contributed by atoms with van der Waals surface area (Å²) in [6, 6.07) is 4.80. The quantitative estimate of drug-likeness (QED) is 0.843. The highest BCUT2D eigenvalue weighted by Gasteiger charge is 2.23. The first-order valence-electron chi connectivity index (χ1n) is 7.24. The lowest BCUT2D eigenvalue weighted by Gasteiger charge is -2.24. The maximum atomic E-state index is 5.45. The monoisotopic (exact) mass is 308 g/mol. The van der Waals surface area contributed by atoms with Crippen molar-refractivity contribution < 1.29 is 0 Å². The van der Waals surface area contributed by atoms with Crippen LogP contribution in [-0.4, -0.2) is 21.3 Å². The Morgan fingerprint density at radius 3 is 2.95 bits per heavy atom. The summed E-state index contributed by atoms with van der Waals surface area (Å²) in [6.07, 6.45) is 5.04. The molecule has 2 heterocycles. The van der Waals surface area contributed by atoms with Gasteiger partial charge in [0.25, 0.3) is 0 Å². The highest BCUT2D eigenvalue weighted by atomic mass is 32.1. The number of nitrogens with zero attached hydrogens (tertiary/aromatic N) is 3. The highest BCUT2D eigenvalue weighted by Crippen LogP contribution is 2.33. The Morgan fingerprint density at radius 2 is 2.30 bits per heavy atom. The van der Waals surface area contributed by atoms with Crippen LogP contribution in [0.1, 0.15) is 43.5 Å². The van der Waals surface area contributed by atoms with Gasteiger partial charge in [0.2, 0.25) is 5.95 Å². The van der Waals surface area contributed by atoms with Crippen LogP contribution in [0, 0.1) is 4.77 Å². The van der Waals surface area contributed by atoms with Gasteiger partial charge >= 0.3 is 0 Å². The number of aromatic nitrogens is 3. The number of nitrogens with one attached hydrogen (secondary N) is 1. The Balaban J connectivity index is 1.89. The van der Waals surface area contributed by atoms with Crippen molar-refractivity contribution >= 4 is 29.5 Å². The number of aromatic amines is 1. The van der Waals surface area contributed by atoms with E-state index in [1.807, 2.05) is 0 Å². The molecule has 2 aromatic rings. The molecule has 0 amide bonds. The lowest BCUT2D eigenvalue weighted by atomic mass is 10.2. The van der Waals surface area contributed by atoms with Crippen molar-refractivity contribution in [3.05, 3.63) is 27.2 Å². The van der Waals surface area contributed by atoms with E-state index in [9.17, 15) is 0 Å². The fraction of sp³-hybridized carbons (Fsp3) is 0.571. The van der Waals surface area contributed by atoms with Crippen LogP contribution in [0.25, 0.3) is 0 Å². The fourth-order valence-electron chi connectivity index (χ4n) is 2.93. The van der Waals surface area contributed by atoms with Gasteiger partial charge in [-0.25, -0.2) is 5.10 Å². The topological polar surface area (TPSA) is 36.9 Å². The SMILES string of the molecule is CCN(Cc1cccs1)c1n[nH]c(=S)n1C1CCCC1. The Kier molecular flexibility index (Phi) is 4.21. The average molecular weight is 308 g/mol. The van der Waals surface area contributed by atoms with Gasteiger partial charge in [-0.1, -0.05) is 18.9 Å². The number of H-pyrrole nitrogens is 1. The zero-order chi connectivity index (χ0) is 13.9. The van der Waals surface area contributed by atoms with Crippen LogP contribution in [0.5, 0.6) is 0 Å². The molecule has 6 heteroatoms. The van der Waals surface area contributed by atoms with E-state index < -0.39 is 0 Å². The summed E-state index contributed by atoms with van der Waals surface area (Å²) >= 11 is 7.24. The molecule has 1 aliphatic carbocycles. The van der Waals surface area contributed by atoms with Crippen LogP contribution in [0.15, 0.2) is 17.5 Å². The molecule has 0 spiro atoms. The molecule has 1 fully saturated rings. The molecule has 0 aromatic carbocycles. The molecule has 0 bridgehead atoms. The minimum Gasteiger partial charge on any atom is -0.336 e. The minimum atomic E-state index is 0.522. The molecule has 0 radical (unpaired) electrons. The third-order valence-electron chi connectivity index (χ3n) is 3.97. The number of thiophene rings is 1. The zero-order valence-electron chi connectivity index (χ0n) is 11.7. The number of hydrogen-bond acceptors (Lipinski definition) is 4. The Bertz CT molecular complexity index is 593. The molecule has 1 saturated carbocycles. The van der Waals surface area contributed by atoms with Crippen molar-refractivity contribution in [2.45, 2.75) is 45.2 Å². The second-order valence-corrected chi connectivity index (χ2v) is 6.65.